The molecule has 1 unspecified atom stereocenters. The van der Waals surface area contributed by atoms with Gasteiger partial charge in [-0.2, -0.15) is 0 Å². The number of imide groups is 1. The number of rotatable bonds is 9. The molecule has 2 amide bonds. The Morgan fingerprint density at radius 1 is 1.00 bits per heavy atom. The number of aromatic nitrogens is 3. The van der Waals surface area contributed by atoms with Crippen LogP contribution in [0.3, 0.4) is 0 Å². The third-order valence-corrected chi connectivity index (χ3v) is 7.65. The van der Waals surface area contributed by atoms with Gasteiger partial charge in [0.15, 0.2) is 0 Å². The first kappa shape index (κ1) is 28.3. The number of nitrogens with one attached hydrogen (secondary N) is 1. The van der Waals surface area contributed by atoms with Crippen LogP contribution in [0, 0.1) is 0 Å². The summed E-state index contributed by atoms with van der Waals surface area (Å²) in [6, 6.07) is 18.1. The number of carbonyl (C=O) groups is 2. The van der Waals surface area contributed by atoms with Gasteiger partial charge in [-0.15, -0.1) is 0 Å². The minimum atomic E-state index is -0.986. The Morgan fingerprint density at radius 2 is 1.73 bits per heavy atom. The molecule has 1 saturated heterocycles. The molecule has 3 heterocycles. The van der Waals surface area contributed by atoms with E-state index in [1.165, 1.54) is 10.5 Å². The van der Waals surface area contributed by atoms with E-state index in [4.69, 9.17) is 14.5 Å². The van der Waals surface area contributed by atoms with Crippen molar-refractivity contribution in [1.29, 1.82) is 0 Å². The predicted octanol–water partition coefficient (Wildman–Crippen LogP) is 6.18. The van der Waals surface area contributed by atoms with Crippen molar-refractivity contribution in [2.75, 3.05) is 13.7 Å². The lowest BCUT2D eigenvalue weighted by molar-refractivity contribution is -0.131. The van der Waals surface area contributed by atoms with Crippen molar-refractivity contribution >= 4 is 23.0 Å². The fourth-order valence-corrected chi connectivity index (χ4v) is 5.68. The predicted molar refractivity (Wildman–Crippen MR) is 158 cm³/mol. The van der Waals surface area contributed by atoms with E-state index in [2.05, 4.69) is 34.2 Å². The van der Waals surface area contributed by atoms with E-state index in [0.29, 0.717) is 24.1 Å². The number of imidazole rings is 1. The number of H-pyrrole nitrogens is 1. The van der Waals surface area contributed by atoms with E-state index in [0.717, 1.165) is 48.2 Å². The molecule has 214 valence electrons. The number of amides is 2. The smallest absolute Gasteiger partial charge is 0.417 e. The van der Waals surface area contributed by atoms with Gasteiger partial charge in [-0.1, -0.05) is 36.4 Å². The highest BCUT2D eigenvalue weighted by Crippen LogP contribution is 2.43. The van der Waals surface area contributed by atoms with Crippen LogP contribution in [-0.4, -0.2) is 51.1 Å². The lowest BCUT2D eigenvalue weighted by Crippen LogP contribution is -2.44. The van der Waals surface area contributed by atoms with Crippen molar-refractivity contribution in [3.63, 3.8) is 0 Å². The van der Waals surface area contributed by atoms with Crippen LogP contribution in [0.4, 0.5) is 4.79 Å². The molecule has 5 rings (SSSR count). The normalized spacial score (nSPS) is 17.3. The first-order valence-corrected chi connectivity index (χ1v) is 14.2. The molecule has 8 heteroatoms. The summed E-state index contributed by atoms with van der Waals surface area (Å²) < 4.78 is 11.3. The van der Waals surface area contributed by atoms with Crippen LogP contribution in [0.25, 0.3) is 11.0 Å². The van der Waals surface area contributed by atoms with Crippen molar-refractivity contribution in [2.24, 2.45) is 0 Å². The lowest BCUT2D eigenvalue weighted by Gasteiger charge is -2.29. The van der Waals surface area contributed by atoms with Crippen LogP contribution >= 0.6 is 0 Å². The second kappa shape index (κ2) is 11.7. The van der Waals surface area contributed by atoms with Gasteiger partial charge >= 0.3 is 6.09 Å². The topological polar surface area (TPSA) is 97.4 Å². The summed E-state index contributed by atoms with van der Waals surface area (Å²) in [6.07, 6.45) is 7.51. The first-order valence-electron chi connectivity index (χ1n) is 14.2. The van der Waals surface area contributed by atoms with Crippen molar-refractivity contribution < 1.29 is 19.1 Å². The number of carbonyl (C=O) groups excluding carboxylic acids is 2. The third-order valence-electron chi connectivity index (χ3n) is 7.65. The zero-order valence-corrected chi connectivity index (χ0v) is 24.3. The molecule has 1 aliphatic rings. The minimum Gasteiger partial charge on any atom is -0.494 e. The molecule has 0 spiro atoms. The SMILES string of the molecule is COc1ccc(C2(Cc3ccncc3)CCN(C(=O)OC(C)(C)C)C2=O)c2[nH]c(CCCCc3ccccc3)nc12. The highest BCUT2D eigenvalue weighted by atomic mass is 16.6. The maximum Gasteiger partial charge on any atom is 0.417 e. The van der Waals surface area contributed by atoms with Gasteiger partial charge < -0.3 is 14.5 Å². The Kier molecular flexibility index (Phi) is 8.10. The van der Waals surface area contributed by atoms with Gasteiger partial charge in [-0.05, 0) is 87.8 Å². The number of likely N-dealkylation sites (tertiary alicyclic amines) is 1. The van der Waals surface area contributed by atoms with Crippen molar-refractivity contribution in [1.82, 2.24) is 19.9 Å². The van der Waals surface area contributed by atoms with E-state index < -0.39 is 17.1 Å². The summed E-state index contributed by atoms with van der Waals surface area (Å²) in [5.41, 5.74) is 2.87. The Bertz CT molecular complexity index is 1510. The maximum absolute atomic E-state index is 14.3. The monoisotopic (exact) mass is 554 g/mol. The number of benzene rings is 2. The number of hydrogen-bond donors (Lipinski definition) is 1. The first-order chi connectivity index (χ1) is 19.7. The summed E-state index contributed by atoms with van der Waals surface area (Å²) in [7, 11) is 1.63. The molecule has 0 bridgehead atoms. The highest BCUT2D eigenvalue weighted by molar-refractivity contribution is 6.03. The molecule has 0 saturated carbocycles. The number of unbranched alkanes of at least 4 members (excludes halogenated alkanes) is 1. The molecule has 1 aliphatic heterocycles. The van der Waals surface area contributed by atoms with Crippen molar-refractivity contribution in [2.45, 2.75) is 70.3 Å². The number of ether oxygens (including phenoxy) is 2. The number of nitrogens with zero attached hydrogens (tertiary/aromatic N) is 3. The van der Waals surface area contributed by atoms with Gasteiger partial charge in [0.1, 0.15) is 22.7 Å². The molecular weight excluding hydrogens is 516 g/mol. The van der Waals surface area contributed by atoms with Crippen LogP contribution in [0.1, 0.15) is 62.5 Å². The Hall–Kier alpha value is -4.20. The third kappa shape index (κ3) is 6.11. The second-order valence-electron chi connectivity index (χ2n) is 11.7. The summed E-state index contributed by atoms with van der Waals surface area (Å²) in [4.78, 5) is 41.2. The van der Waals surface area contributed by atoms with E-state index in [-0.39, 0.29) is 12.5 Å². The standard InChI is InChI=1S/C33H38N4O4/c1-32(2,3)41-31(39)37-21-18-33(30(37)38,22-24-16-19-34-20-17-24)25-14-15-26(40-4)29-28(25)35-27(36-29)13-9-8-12-23-10-6-5-7-11-23/h5-7,10-11,14-17,19-20H,8-9,12-13,18,21-22H2,1-4H3,(H,35,36). The average Bonchev–Trinajstić information content (AvgIpc) is 3.52. The summed E-state index contributed by atoms with van der Waals surface area (Å²) in [5.74, 6) is 1.23. The summed E-state index contributed by atoms with van der Waals surface area (Å²) in [5, 5.41) is 0. The van der Waals surface area contributed by atoms with E-state index in [1.807, 2.05) is 30.3 Å². The quantitative estimate of drug-likeness (QED) is 0.248. The van der Waals surface area contributed by atoms with Crippen LogP contribution in [0.2, 0.25) is 0 Å². The number of pyridine rings is 1. The number of hydrogen-bond acceptors (Lipinski definition) is 6. The minimum absolute atomic E-state index is 0.269. The van der Waals surface area contributed by atoms with Crippen LogP contribution in [-0.2, 0) is 34.2 Å². The highest BCUT2D eigenvalue weighted by Gasteiger charge is 2.52. The zero-order chi connectivity index (χ0) is 29.0. The number of aryl methyl sites for hydroxylation is 2. The van der Waals surface area contributed by atoms with Crippen LogP contribution < -0.4 is 4.74 Å². The number of fused-ring (bicyclic) bond motifs is 1. The maximum atomic E-state index is 14.3. The van der Waals surface area contributed by atoms with E-state index in [9.17, 15) is 9.59 Å². The zero-order valence-electron chi connectivity index (χ0n) is 24.3. The van der Waals surface area contributed by atoms with Gasteiger partial charge in [0, 0.05) is 25.4 Å². The van der Waals surface area contributed by atoms with Crippen molar-refractivity contribution in [3.8, 4) is 5.75 Å². The molecule has 8 nitrogen and oxygen atoms in total. The fraction of sp³-hybridized carbons (Fsp3) is 0.394. The van der Waals surface area contributed by atoms with Gasteiger partial charge in [-0.3, -0.25) is 9.78 Å². The molecule has 2 aromatic carbocycles. The molecule has 1 fully saturated rings. The summed E-state index contributed by atoms with van der Waals surface area (Å²) in [6.45, 7) is 5.67. The van der Waals surface area contributed by atoms with Gasteiger partial charge in [0.2, 0.25) is 5.91 Å². The second-order valence-corrected chi connectivity index (χ2v) is 11.7. The fourth-order valence-electron chi connectivity index (χ4n) is 5.68. The van der Waals surface area contributed by atoms with E-state index >= 15 is 0 Å². The molecule has 4 aromatic rings. The number of methoxy groups -OCH3 is 1. The Balaban J connectivity index is 1.49. The molecule has 1 atom stereocenters. The van der Waals surface area contributed by atoms with Crippen molar-refractivity contribution in [3.05, 3.63) is 89.5 Å². The summed E-state index contributed by atoms with van der Waals surface area (Å²) >= 11 is 0. The lowest BCUT2D eigenvalue weighted by atomic mass is 9.73. The largest absolute Gasteiger partial charge is 0.494 e. The molecule has 0 aliphatic carbocycles. The average molecular weight is 555 g/mol. The Morgan fingerprint density at radius 3 is 2.44 bits per heavy atom. The van der Waals surface area contributed by atoms with Gasteiger partial charge in [0.25, 0.3) is 0 Å². The van der Waals surface area contributed by atoms with Gasteiger partial charge in [0.05, 0.1) is 18.0 Å². The van der Waals surface area contributed by atoms with Crippen LogP contribution in [0.5, 0.6) is 5.75 Å². The molecule has 0 radical (unpaired) electrons. The molecule has 2 aromatic heterocycles. The van der Waals surface area contributed by atoms with E-state index in [1.54, 1.807) is 40.3 Å². The Labute approximate surface area is 241 Å². The van der Waals surface area contributed by atoms with Gasteiger partial charge in [-0.25, -0.2) is 14.7 Å². The molecular formula is C33H38N4O4. The number of aromatic amines is 1. The molecule has 41 heavy (non-hydrogen) atoms. The van der Waals surface area contributed by atoms with Crippen LogP contribution in [0.15, 0.2) is 67.0 Å². The molecule has 1 N–H and O–H groups in total.